The maximum absolute atomic E-state index is 10.6. The Kier molecular flexibility index (Phi) is 15.9. The minimum absolute atomic E-state index is 0.0409. The zero-order valence-corrected chi connectivity index (χ0v) is 25.4. The third-order valence-electron chi connectivity index (χ3n) is 3.07. The van der Waals surface area contributed by atoms with Gasteiger partial charge >= 0.3 is 18.8 Å². The van der Waals surface area contributed by atoms with E-state index < -0.39 is 0 Å². The first-order chi connectivity index (χ1) is 16.7. The fourth-order valence-corrected chi connectivity index (χ4v) is 2.87. The van der Waals surface area contributed by atoms with E-state index in [0.29, 0.717) is 16.2 Å². The molecule has 35 heavy (non-hydrogen) atoms. The summed E-state index contributed by atoms with van der Waals surface area (Å²) in [6.07, 6.45) is 9.18. The van der Waals surface area contributed by atoms with E-state index in [9.17, 15) is 4.79 Å². The Morgan fingerprint density at radius 2 is 1.34 bits per heavy atom. The topological polar surface area (TPSA) is 107 Å². The van der Waals surface area contributed by atoms with Crippen LogP contribution in [0.25, 0.3) is 0 Å². The SMILES string of the molecule is Brc1cnc(Br)cn1.Clc1nccc(Oc2cnc(Br)cn2)c1Cl.O=c1cc[nH]c(Cl)c1Cl.[B]=S. The molecule has 8 nitrogen and oxygen atoms in total. The molecule has 0 amide bonds. The molecule has 0 fully saturated rings. The molecule has 0 saturated heterocycles. The second kappa shape index (κ2) is 17.4. The third kappa shape index (κ3) is 12.2. The minimum atomic E-state index is -0.264. The first kappa shape index (κ1) is 32.0. The van der Waals surface area contributed by atoms with Crippen LogP contribution in [-0.2, 0) is 0 Å². The van der Waals surface area contributed by atoms with Crippen molar-refractivity contribution in [3.05, 3.63) is 93.7 Å². The number of nitrogens with one attached hydrogen (secondary N) is 1. The van der Waals surface area contributed by atoms with Crippen molar-refractivity contribution < 1.29 is 4.74 Å². The molecule has 4 heterocycles. The molecule has 0 unspecified atom stereocenters. The zero-order chi connectivity index (χ0) is 26.4. The van der Waals surface area contributed by atoms with Crippen LogP contribution in [0.2, 0.25) is 20.4 Å². The second-order valence-electron chi connectivity index (χ2n) is 5.33. The standard InChI is InChI=1S/C9H4BrCl2N3O.C5H3Cl2NO.C4H2Br2N2.BS/c10-6-3-15-7(4-14-6)16-5-1-2-13-9(12)8(5)11;6-4-3(9)1-2-8-5(4)7;5-3-1-7-4(6)2-8-3;1-2/h1-4H;1-2H,(H,8,9);1-2H;. The van der Waals surface area contributed by atoms with Crippen molar-refractivity contribution in [3.63, 3.8) is 0 Å². The Hall–Kier alpha value is -1.06. The Morgan fingerprint density at radius 3 is 1.80 bits per heavy atom. The van der Waals surface area contributed by atoms with Crippen molar-refractivity contribution in [2.75, 3.05) is 0 Å². The Morgan fingerprint density at radius 1 is 0.800 bits per heavy atom. The van der Waals surface area contributed by atoms with Crippen LogP contribution in [0.1, 0.15) is 0 Å². The number of aromatic amines is 1. The molecule has 0 aliphatic carbocycles. The average molecular weight is 766 g/mol. The molecular formula is C18H9BBr3Cl4N6O2S. The van der Waals surface area contributed by atoms with Crippen molar-refractivity contribution in [2.24, 2.45) is 0 Å². The average Bonchev–Trinajstić information content (AvgIpc) is 2.86. The molecule has 181 valence electrons. The number of hydrogen-bond donors (Lipinski definition) is 1. The van der Waals surface area contributed by atoms with Gasteiger partial charge in [0.2, 0.25) is 11.3 Å². The van der Waals surface area contributed by atoms with Gasteiger partial charge in [0, 0.05) is 24.5 Å². The fourth-order valence-electron chi connectivity index (χ4n) is 1.68. The van der Waals surface area contributed by atoms with Gasteiger partial charge in [-0.25, -0.2) is 24.9 Å². The van der Waals surface area contributed by atoms with Gasteiger partial charge in [-0.3, -0.25) is 4.79 Å². The van der Waals surface area contributed by atoms with Gasteiger partial charge in [0.1, 0.15) is 29.0 Å². The first-order valence-electron chi connectivity index (χ1n) is 8.52. The summed E-state index contributed by atoms with van der Waals surface area (Å²) in [6.45, 7) is 4.08. The van der Waals surface area contributed by atoms with Crippen molar-refractivity contribution in [3.8, 4) is 11.6 Å². The van der Waals surface area contributed by atoms with Crippen LogP contribution >= 0.6 is 106 Å². The van der Waals surface area contributed by atoms with E-state index in [-0.39, 0.29) is 25.8 Å². The molecule has 4 aromatic rings. The van der Waals surface area contributed by atoms with E-state index in [1.54, 1.807) is 18.5 Å². The molecule has 0 aliphatic rings. The zero-order valence-electron chi connectivity index (χ0n) is 16.8. The van der Waals surface area contributed by atoms with Gasteiger partial charge in [-0.1, -0.05) is 46.4 Å². The van der Waals surface area contributed by atoms with Gasteiger partial charge < -0.3 is 9.72 Å². The van der Waals surface area contributed by atoms with Crippen LogP contribution in [0.5, 0.6) is 11.6 Å². The predicted octanol–water partition coefficient (Wildman–Crippen LogP) is 7.68. The number of halogens is 7. The van der Waals surface area contributed by atoms with Crippen LogP contribution in [-0.4, -0.2) is 36.6 Å². The summed E-state index contributed by atoms with van der Waals surface area (Å²) in [7, 11) is 0. The van der Waals surface area contributed by atoms with Crippen LogP contribution in [0.3, 0.4) is 0 Å². The molecule has 4 rings (SSSR count). The Labute approximate surface area is 250 Å². The van der Waals surface area contributed by atoms with Gasteiger partial charge in [-0.2, -0.15) is 0 Å². The van der Waals surface area contributed by atoms with E-state index in [1.165, 1.54) is 30.9 Å². The first-order valence-corrected chi connectivity index (χ1v) is 12.9. The number of ether oxygens (including phenoxy) is 1. The summed E-state index contributed by atoms with van der Waals surface area (Å²) in [5, 5.41) is 0.654. The van der Waals surface area contributed by atoms with E-state index in [4.69, 9.17) is 51.1 Å². The quantitative estimate of drug-likeness (QED) is 0.164. The van der Waals surface area contributed by atoms with Gasteiger partial charge in [0.25, 0.3) is 0 Å². The number of H-pyrrole nitrogens is 1. The van der Waals surface area contributed by atoms with E-state index in [2.05, 4.69) is 96.5 Å². The molecule has 0 bridgehead atoms. The van der Waals surface area contributed by atoms with E-state index in [1.807, 2.05) is 0 Å². The molecule has 0 saturated carbocycles. The summed E-state index contributed by atoms with van der Waals surface area (Å²) < 4.78 is 7.52. The fraction of sp³-hybridized carbons (Fsp3) is 0. The van der Waals surface area contributed by atoms with Crippen LogP contribution in [0.4, 0.5) is 0 Å². The normalized spacial score (nSPS) is 9.31. The van der Waals surface area contributed by atoms with Gasteiger partial charge in [0.15, 0.2) is 10.9 Å². The molecule has 0 aliphatic heterocycles. The maximum atomic E-state index is 10.6. The summed E-state index contributed by atoms with van der Waals surface area (Å²) in [5.74, 6) is 0.714. The van der Waals surface area contributed by atoms with Crippen molar-refractivity contribution >= 4 is 113 Å². The van der Waals surface area contributed by atoms with Crippen molar-refractivity contribution in [2.45, 2.75) is 0 Å². The predicted molar refractivity (Wildman–Crippen MR) is 152 cm³/mol. The molecule has 0 aromatic carbocycles. The number of nitrogens with zero attached hydrogens (tertiary/aromatic N) is 5. The molecule has 0 atom stereocenters. The summed E-state index contributed by atoms with van der Waals surface area (Å²) in [4.78, 5) is 32.7. The summed E-state index contributed by atoms with van der Waals surface area (Å²) >= 11 is 35.5. The van der Waals surface area contributed by atoms with Gasteiger partial charge in [-0.15, -0.1) is 0 Å². The molecule has 1 radical (unpaired) electrons. The summed E-state index contributed by atoms with van der Waals surface area (Å²) in [6, 6.07) is 2.91. The molecule has 0 spiro atoms. The van der Waals surface area contributed by atoms with E-state index >= 15 is 0 Å². The monoisotopic (exact) mass is 761 g/mol. The van der Waals surface area contributed by atoms with Gasteiger partial charge in [-0.05, 0) is 47.8 Å². The van der Waals surface area contributed by atoms with E-state index in [0.717, 1.165) is 9.21 Å². The molecule has 17 heteroatoms. The Balaban J connectivity index is 0.000000274. The second-order valence-corrected chi connectivity index (χ2v) is 9.25. The summed E-state index contributed by atoms with van der Waals surface area (Å²) in [5.41, 5.74) is -0.264. The van der Waals surface area contributed by atoms with Crippen molar-refractivity contribution in [1.82, 2.24) is 29.9 Å². The number of aromatic nitrogens is 6. The molecular weight excluding hydrogens is 757 g/mol. The van der Waals surface area contributed by atoms with Crippen molar-refractivity contribution in [1.29, 1.82) is 0 Å². The van der Waals surface area contributed by atoms with Crippen LogP contribution in [0.15, 0.2) is 67.9 Å². The number of hydrogen-bond acceptors (Lipinski definition) is 8. The van der Waals surface area contributed by atoms with Gasteiger partial charge in [0.05, 0.1) is 24.8 Å². The van der Waals surface area contributed by atoms with Crippen LogP contribution in [0, 0.1) is 0 Å². The molecule has 1 N–H and O–H groups in total. The molecule has 4 aromatic heterocycles. The Bertz CT molecular complexity index is 1260. The third-order valence-corrected chi connectivity index (χ3v) is 5.81. The van der Waals surface area contributed by atoms with Crippen LogP contribution < -0.4 is 10.2 Å². The number of pyridine rings is 2. The number of rotatable bonds is 2.